The minimum absolute atomic E-state index is 0.0433. The van der Waals surface area contributed by atoms with Gasteiger partial charge in [0.15, 0.2) is 0 Å². The van der Waals surface area contributed by atoms with Crippen molar-refractivity contribution in [2.45, 2.75) is 17.1 Å². The van der Waals surface area contributed by atoms with Crippen LogP contribution in [0.3, 0.4) is 0 Å². The lowest BCUT2D eigenvalue weighted by Crippen LogP contribution is -2.27. The Bertz CT molecular complexity index is 824. The molecule has 0 saturated carbocycles. The maximum absolute atomic E-state index is 11.8. The fourth-order valence-corrected chi connectivity index (χ4v) is 3.77. The molecule has 1 amide bonds. The number of nitrogens with two attached hydrogens (primary N) is 1. The molecule has 0 radical (unpaired) electrons. The van der Waals surface area contributed by atoms with Gasteiger partial charge in [0.05, 0.1) is 10.6 Å². The third-order valence-corrected chi connectivity index (χ3v) is 5.72. The Kier molecular flexibility index (Phi) is 7.31. The first-order valence-corrected chi connectivity index (χ1v) is 10.6. The molecule has 2 aromatic rings. The predicted octanol–water partition coefficient (Wildman–Crippen LogP) is 2.58. The summed E-state index contributed by atoms with van der Waals surface area (Å²) in [7, 11) is -3.67. The van der Waals surface area contributed by atoms with Gasteiger partial charge >= 0.3 is 0 Å². The van der Waals surface area contributed by atoms with E-state index >= 15 is 0 Å². The van der Waals surface area contributed by atoms with Gasteiger partial charge in [-0.2, -0.15) is 0 Å². The Morgan fingerprint density at radius 3 is 2.44 bits per heavy atom. The zero-order valence-corrected chi connectivity index (χ0v) is 15.8. The molecule has 0 atom stereocenters. The van der Waals surface area contributed by atoms with E-state index in [1.54, 1.807) is 12.1 Å². The molecule has 2 rings (SSSR count). The van der Waals surface area contributed by atoms with Crippen molar-refractivity contribution in [2.24, 2.45) is 5.14 Å². The van der Waals surface area contributed by atoms with Crippen molar-refractivity contribution in [3.63, 3.8) is 0 Å². The summed E-state index contributed by atoms with van der Waals surface area (Å²) >= 11 is 7.57. The van der Waals surface area contributed by atoms with Crippen LogP contribution in [0.1, 0.15) is 11.1 Å². The second kappa shape index (κ2) is 9.24. The monoisotopic (exact) mass is 398 g/mol. The van der Waals surface area contributed by atoms with Crippen LogP contribution in [0.2, 0.25) is 5.02 Å². The number of carbonyl (C=O) groups excluding carboxylic acids is 1. The summed E-state index contributed by atoms with van der Waals surface area (Å²) in [6.07, 6.45) is 0.617. The van der Waals surface area contributed by atoms with Crippen molar-refractivity contribution in [3.05, 3.63) is 64.7 Å². The number of carbonyl (C=O) groups is 1. The van der Waals surface area contributed by atoms with Crippen molar-refractivity contribution >= 4 is 39.3 Å². The van der Waals surface area contributed by atoms with Crippen LogP contribution in [0.15, 0.2) is 53.4 Å². The summed E-state index contributed by atoms with van der Waals surface area (Å²) in [5.41, 5.74) is 1.94. The number of rotatable bonds is 8. The van der Waals surface area contributed by atoms with E-state index in [1.807, 2.05) is 24.3 Å². The number of sulfonamides is 1. The molecule has 134 valence electrons. The molecule has 0 spiro atoms. The van der Waals surface area contributed by atoms with Crippen molar-refractivity contribution < 1.29 is 13.2 Å². The van der Waals surface area contributed by atoms with E-state index in [0.29, 0.717) is 29.5 Å². The van der Waals surface area contributed by atoms with Crippen molar-refractivity contribution in [1.82, 2.24) is 5.32 Å². The van der Waals surface area contributed by atoms with Gasteiger partial charge in [0, 0.05) is 17.3 Å². The van der Waals surface area contributed by atoms with E-state index in [0.717, 1.165) is 11.1 Å². The topological polar surface area (TPSA) is 89.3 Å². The Hall–Kier alpha value is -1.54. The minimum Gasteiger partial charge on any atom is -0.355 e. The third kappa shape index (κ3) is 6.70. The number of nitrogens with one attached hydrogen (secondary N) is 1. The molecule has 0 fully saturated rings. The average molecular weight is 399 g/mol. The van der Waals surface area contributed by atoms with Gasteiger partial charge in [-0.3, -0.25) is 4.79 Å². The van der Waals surface area contributed by atoms with Gasteiger partial charge in [0.1, 0.15) is 0 Å². The highest BCUT2D eigenvalue weighted by Gasteiger charge is 2.07. The normalized spacial score (nSPS) is 11.3. The first-order chi connectivity index (χ1) is 11.9. The van der Waals surface area contributed by atoms with Crippen LogP contribution in [0.4, 0.5) is 0 Å². The summed E-state index contributed by atoms with van der Waals surface area (Å²) in [6, 6.07) is 13.9. The zero-order chi connectivity index (χ0) is 18.3. The van der Waals surface area contributed by atoms with E-state index in [9.17, 15) is 13.2 Å². The largest absolute Gasteiger partial charge is 0.355 e. The Morgan fingerprint density at radius 1 is 1.12 bits per heavy atom. The van der Waals surface area contributed by atoms with Gasteiger partial charge in [-0.1, -0.05) is 41.9 Å². The van der Waals surface area contributed by atoms with Crippen molar-refractivity contribution in [1.29, 1.82) is 0 Å². The van der Waals surface area contributed by atoms with Crippen LogP contribution < -0.4 is 10.5 Å². The van der Waals surface area contributed by atoms with Gasteiger partial charge in [-0.05, 0) is 35.7 Å². The van der Waals surface area contributed by atoms with E-state index < -0.39 is 10.0 Å². The molecule has 0 unspecified atom stereocenters. The SMILES string of the molecule is NS(=O)(=O)c1ccc(CCNC(=O)CSCc2ccccc2Cl)cc1. The molecule has 0 aliphatic rings. The molecule has 0 aromatic heterocycles. The number of primary sulfonamides is 1. The third-order valence-electron chi connectivity index (χ3n) is 3.44. The fourth-order valence-electron chi connectivity index (χ4n) is 2.11. The quantitative estimate of drug-likeness (QED) is 0.715. The van der Waals surface area contributed by atoms with E-state index in [-0.39, 0.29) is 10.8 Å². The van der Waals surface area contributed by atoms with E-state index in [2.05, 4.69) is 5.32 Å². The number of thioether (sulfide) groups is 1. The smallest absolute Gasteiger partial charge is 0.238 e. The molecule has 0 saturated heterocycles. The van der Waals surface area contributed by atoms with E-state index in [1.165, 1.54) is 23.9 Å². The first-order valence-electron chi connectivity index (χ1n) is 7.56. The summed E-state index contributed by atoms with van der Waals surface area (Å²) in [4.78, 5) is 11.9. The molecule has 3 N–H and O–H groups in total. The lowest BCUT2D eigenvalue weighted by atomic mass is 10.1. The summed E-state index contributed by atoms with van der Waals surface area (Å²) < 4.78 is 22.4. The predicted molar refractivity (Wildman–Crippen MR) is 102 cm³/mol. The first kappa shape index (κ1) is 19.8. The molecule has 0 aliphatic heterocycles. The van der Waals surface area contributed by atoms with Crippen LogP contribution in [0.25, 0.3) is 0 Å². The lowest BCUT2D eigenvalue weighted by Gasteiger charge is -2.07. The van der Waals surface area contributed by atoms with Crippen molar-refractivity contribution in [3.8, 4) is 0 Å². The van der Waals surface area contributed by atoms with Gasteiger partial charge in [0.2, 0.25) is 15.9 Å². The number of hydrogen-bond donors (Lipinski definition) is 2. The van der Waals surface area contributed by atoms with Crippen LogP contribution in [0.5, 0.6) is 0 Å². The van der Waals surface area contributed by atoms with Crippen LogP contribution in [-0.2, 0) is 27.0 Å². The molecule has 0 bridgehead atoms. The average Bonchev–Trinajstić information content (AvgIpc) is 2.56. The highest BCUT2D eigenvalue weighted by Crippen LogP contribution is 2.20. The fraction of sp³-hybridized carbons (Fsp3) is 0.235. The molecule has 5 nitrogen and oxygen atoms in total. The van der Waals surface area contributed by atoms with E-state index in [4.69, 9.17) is 16.7 Å². The molecule has 2 aromatic carbocycles. The lowest BCUT2D eigenvalue weighted by molar-refractivity contribution is -0.118. The maximum atomic E-state index is 11.8. The van der Waals surface area contributed by atoms with Gasteiger partial charge < -0.3 is 5.32 Å². The van der Waals surface area contributed by atoms with Gasteiger partial charge in [-0.25, -0.2) is 13.6 Å². The number of benzene rings is 2. The summed E-state index contributed by atoms with van der Waals surface area (Å²) in [5, 5.41) is 8.60. The standard InChI is InChI=1S/C17H19ClN2O3S2/c18-16-4-2-1-3-14(16)11-24-12-17(21)20-10-9-13-5-7-15(8-6-13)25(19,22)23/h1-8H,9-12H2,(H,20,21)(H2,19,22,23). The minimum atomic E-state index is -3.67. The highest BCUT2D eigenvalue weighted by atomic mass is 35.5. The zero-order valence-electron chi connectivity index (χ0n) is 13.4. The number of halogens is 1. The second-order valence-electron chi connectivity index (χ2n) is 5.37. The molecule has 25 heavy (non-hydrogen) atoms. The molecular weight excluding hydrogens is 380 g/mol. The van der Waals surface area contributed by atoms with Gasteiger partial charge in [-0.15, -0.1) is 11.8 Å². The Balaban J connectivity index is 1.69. The summed E-state index contributed by atoms with van der Waals surface area (Å²) in [6.45, 7) is 0.486. The molecule has 0 aliphatic carbocycles. The van der Waals surface area contributed by atoms with Crippen LogP contribution >= 0.6 is 23.4 Å². The number of amides is 1. The van der Waals surface area contributed by atoms with Crippen molar-refractivity contribution in [2.75, 3.05) is 12.3 Å². The molecular formula is C17H19ClN2O3S2. The summed E-state index contributed by atoms with van der Waals surface area (Å²) in [5.74, 6) is 0.996. The molecule has 0 heterocycles. The highest BCUT2D eigenvalue weighted by molar-refractivity contribution is 7.99. The molecule has 8 heteroatoms. The Morgan fingerprint density at radius 2 is 1.80 bits per heavy atom. The maximum Gasteiger partial charge on any atom is 0.238 e. The van der Waals surface area contributed by atoms with Gasteiger partial charge in [0.25, 0.3) is 0 Å². The van der Waals surface area contributed by atoms with Crippen LogP contribution in [0, 0.1) is 0 Å². The van der Waals surface area contributed by atoms with Crippen LogP contribution in [-0.4, -0.2) is 26.6 Å². The number of hydrogen-bond acceptors (Lipinski definition) is 4. The second-order valence-corrected chi connectivity index (χ2v) is 8.33. The Labute approximate surface area is 157 Å².